The number of thiophene rings is 1. The summed E-state index contributed by atoms with van der Waals surface area (Å²) in [6, 6.07) is 2.30. The van der Waals surface area contributed by atoms with Crippen LogP contribution >= 0.6 is 11.3 Å². The first kappa shape index (κ1) is 14.6. The topological polar surface area (TPSA) is 64.9 Å². The second-order valence-corrected chi connectivity index (χ2v) is 7.11. The summed E-state index contributed by atoms with van der Waals surface area (Å²) in [4.78, 5) is 13.3. The molecule has 0 bridgehead atoms. The second-order valence-electron chi connectivity index (χ2n) is 6.00. The van der Waals surface area contributed by atoms with Crippen LogP contribution in [-0.2, 0) is 17.6 Å². The van der Waals surface area contributed by atoms with Crippen molar-refractivity contribution in [2.24, 2.45) is 5.92 Å². The number of rotatable bonds is 5. The predicted octanol–water partition coefficient (Wildman–Crippen LogP) is 2.83. The van der Waals surface area contributed by atoms with Gasteiger partial charge < -0.3 is 10.6 Å². The molecule has 0 radical (unpaired) electrons. The number of nitrogens with zero attached hydrogens (tertiary/aromatic N) is 1. The van der Waals surface area contributed by atoms with Crippen LogP contribution in [0.1, 0.15) is 48.1 Å². The normalized spacial score (nSPS) is 17.7. The van der Waals surface area contributed by atoms with E-state index in [2.05, 4.69) is 16.7 Å². The maximum atomic E-state index is 12.0. The van der Waals surface area contributed by atoms with Gasteiger partial charge in [-0.3, -0.25) is 4.79 Å². The standard InChI is InChI=1S/C16H21N3OS/c17-8-13-12-4-2-1-3-5-14(12)21-16(13)19-15(20)10-18-9-11-6-7-11/h11,18H,1-7,9-10H2,(H,19,20). The molecule has 3 rings (SSSR count). The Kier molecular flexibility index (Phi) is 4.57. The summed E-state index contributed by atoms with van der Waals surface area (Å²) in [5.74, 6) is 0.730. The Morgan fingerprint density at radius 3 is 2.86 bits per heavy atom. The van der Waals surface area contributed by atoms with Gasteiger partial charge in [-0.25, -0.2) is 0 Å². The van der Waals surface area contributed by atoms with Gasteiger partial charge in [0.1, 0.15) is 11.1 Å². The third-order valence-corrected chi connectivity index (χ3v) is 5.41. The summed E-state index contributed by atoms with van der Waals surface area (Å²) in [6.07, 6.45) is 8.16. The van der Waals surface area contributed by atoms with Gasteiger partial charge in [0.05, 0.1) is 12.1 Å². The molecule has 4 nitrogen and oxygen atoms in total. The number of hydrogen-bond donors (Lipinski definition) is 2. The van der Waals surface area contributed by atoms with Gasteiger partial charge in [-0.15, -0.1) is 11.3 Å². The largest absolute Gasteiger partial charge is 0.315 e. The Balaban J connectivity index is 1.64. The summed E-state index contributed by atoms with van der Waals surface area (Å²) in [5, 5.41) is 16.3. The minimum Gasteiger partial charge on any atom is -0.315 e. The maximum absolute atomic E-state index is 12.0. The van der Waals surface area contributed by atoms with Gasteiger partial charge in [-0.2, -0.15) is 5.26 Å². The number of carbonyl (C=O) groups is 1. The summed E-state index contributed by atoms with van der Waals surface area (Å²) in [5.41, 5.74) is 1.88. The lowest BCUT2D eigenvalue weighted by Crippen LogP contribution is -2.29. The number of carbonyl (C=O) groups excluding carboxylic acids is 1. The van der Waals surface area contributed by atoms with Crippen molar-refractivity contribution in [3.05, 3.63) is 16.0 Å². The van der Waals surface area contributed by atoms with Crippen molar-refractivity contribution in [2.75, 3.05) is 18.4 Å². The minimum atomic E-state index is -0.0384. The zero-order valence-corrected chi connectivity index (χ0v) is 13.0. The number of nitrogens with one attached hydrogen (secondary N) is 2. The molecule has 0 spiro atoms. The highest BCUT2D eigenvalue weighted by molar-refractivity contribution is 7.16. The number of fused-ring (bicyclic) bond motifs is 1. The SMILES string of the molecule is N#Cc1c(NC(=O)CNCC2CC2)sc2c1CCCCC2. The van der Waals surface area contributed by atoms with Crippen LogP contribution in [0.2, 0.25) is 0 Å². The van der Waals surface area contributed by atoms with Crippen LogP contribution in [-0.4, -0.2) is 19.0 Å². The van der Waals surface area contributed by atoms with E-state index in [1.165, 1.54) is 36.1 Å². The van der Waals surface area contributed by atoms with Crippen LogP contribution in [0.15, 0.2) is 0 Å². The van der Waals surface area contributed by atoms with E-state index in [0.717, 1.165) is 36.7 Å². The maximum Gasteiger partial charge on any atom is 0.238 e. The van der Waals surface area contributed by atoms with E-state index in [9.17, 15) is 10.1 Å². The van der Waals surface area contributed by atoms with Gasteiger partial charge in [0.15, 0.2) is 0 Å². The number of nitriles is 1. The highest BCUT2D eigenvalue weighted by atomic mass is 32.1. The summed E-state index contributed by atoms with van der Waals surface area (Å²) < 4.78 is 0. The third kappa shape index (κ3) is 3.63. The van der Waals surface area contributed by atoms with Crippen LogP contribution in [0.4, 0.5) is 5.00 Å². The van der Waals surface area contributed by atoms with E-state index < -0.39 is 0 Å². The van der Waals surface area contributed by atoms with Crippen molar-refractivity contribution in [3.8, 4) is 6.07 Å². The van der Waals surface area contributed by atoms with E-state index in [1.54, 1.807) is 11.3 Å². The van der Waals surface area contributed by atoms with Crippen molar-refractivity contribution < 1.29 is 4.79 Å². The molecule has 5 heteroatoms. The predicted molar refractivity (Wildman–Crippen MR) is 84.5 cm³/mol. The van der Waals surface area contributed by atoms with Gasteiger partial charge in [-0.1, -0.05) is 6.42 Å². The molecule has 2 N–H and O–H groups in total. The number of anilines is 1. The molecule has 1 heterocycles. The van der Waals surface area contributed by atoms with E-state index in [1.807, 2.05) is 0 Å². The van der Waals surface area contributed by atoms with Crippen molar-refractivity contribution in [1.82, 2.24) is 5.32 Å². The van der Waals surface area contributed by atoms with Crippen LogP contribution in [0, 0.1) is 17.2 Å². The molecule has 0 aliphatic heterocycles. The van der Waals surface area contributed by atoms with Gasteiger partial charge in [0.2, 0.25) is 5.91 Å². The van der Waals surface area contributed by atoms with Gasteiger partial charge in [-0.05, 0) is 56.6 Å². The highest BCUT2D eigenvalue weighted by Crippen LogP contribution is 2.36. The lowest BCUT2D eigenvalue weighted by Gasteiger charge is -2.05. The fourth-order valence-corrected chi connectivity index (χ4v) is 4.09. The molecule has 1 saturated carbocycles. The summed E-state index contributed by atoms with van der Waals surface area (Å²) >= 11 is 1.60. The molecule has 0 atom stereocenters. The van der Waals surface area contributed by atoms with E-state index >= 15 is 0 Å². The average molecular weight is 303 g/mol. The molecule has 2 aliphatic carbocycles. The van der Waals surface area contributed by atoms with Crippen molar-refractivity contribution in [2.45, 2.75) is 44.9 Å². The number of amides is 1. The lowest BCUT2D eigenvalue weighted by atomic mass is 10.1. The van der Waals surface area contributed by atoms with Gasteiger partial charge in [0.25, 0.3) is 0 Å². The van der Waals surface area contributed by atoms with Crippen LogP contribution in [0.5, 0.6) is 0 Å². The summed E-state index contributed by atoms with van der Waals surface area (Å²) in [6.45, 7) is 1.27. The summed E-state index contributed by atoms with van der Waals surface area (Å²) in [7, 11) is 0. The molecule has 2 aliphatic rings. The average Bonchev–Trinajstić information content (AvgIpc) is 3.25. The molecule has 1 fully saturated rings. The first-order valence-corrected chi connectivity index (χ1v) is 8.64. The fourth-order valence-electron chi connectivity index (χ4n) is 2.83. The smallest absolute Gasteiger partial charge is 0.238 e. The molecule has 0 aromatic carbocycles. The molecule has 1 aromatic heterocycles. The number of hydrogen-bond acceptors (Lipinski definition) is 4. The Bertz CT molecular complexity index is 569. The molecular formula is C16H21N3OS. The lowest BCUT2D eigenvalue weighted by molar-refractivity contribution is -0.115. The second kappa shape index (κ2) is 6.59. The van der Waals surface area contributed by atoms with Crippen molar-refractivity contribution in [1.29, 1.82) is 5.26 Å². The monoisotopic (exact) mass is 303 g/mol. The first-order valence-electron chi connectivity index (χ1n) is 7.83. The van der Waals surface area contributed by atoms with Gasteiger partial charge >= 0.3 is 0 Å². The molecule has 112 valence electrons. The molecular weight excluding hydrogens is 282 g/mol. The van der Waals surface area contributed by atoms with E-state index in [4.69, 9.17) is 0 Å². The van der Waals surface area contributed by atoms with E-state index in [-0.39, 0.29) is 5.91 Å². The van der Waals surface area contributed by atoms with Crippen LogP contribution in [0.25, 0.3) is 0 Å². The Morgan fingerprint density at radius 1 is 1.29 bits per heavy atom. The Hall–Kier alpha value is -1.38. The number of aryl methyl sites for hydroxylation is 1. The van der Waals surface area contributed by atoms with Crippen molar-refractivity contribution in [3.63, 3.8) is 0 Å². The molecule has 1 aromatic rings. The third-order valence-electron chi connectivity index (χ3n) is 4.20. The Morgan fingerprint density at radius 2 is 2.10 bits per heavy atom. The van der Waals surface area contributed by atoms with E-state index in [0.29, 0.717) is 12.1 Å². The highest BCUT2D eigenvalue weighted by Gasteiger charge is 2.22. The Labute approximate surface area is 129 Å². The van der Waals surface area contributed by atoms with Gasteiger partial charge in [0, 0.05) is 4.88 Å². The van der Waals surface area contributed by atoms with Crippen LogP contribution < -0.4 is 10.6 Å². The van der Waals surface area contributed by atoms with Crippen LogP contribution in [0.3, 0.4) is 0 Å². The molecule has 0 unspecified atom stereocenters. The minimum absolute atomic E-state index is 0.0384. The molecule has 1 amide bonds. The first-order chi connectivity index (χ1) is 10.3. The zero-order valence-electron chi connectivity index (χ0n) is 12.2. The quantitative estimate of drug-likeness (QED) is 0.822. The zero-order chi connectivity index (χ0) is 14.7. The fraction of sp³-hybridized carbons (Fsp3) is 0.625. The van der Waals surface area contributed by atoms with Crippen molar-refractivity contribution >= 4 is 22.2 Å². The molecule has 0 saturated heterocycles. The molecule has 21 heavy (non-hydrogen) atoms.